The van der Waals surface area contributed by atoms with E-state index in [0.717, 1.165) is 5.56 Å². The summed E-state index contributed by atoms with van der Waals surface area (Å²) in [6, 6.07) is 9.97. The number of hydrogen-bond acceptors (Lipinski definition) is 4. The summed E-state index contributed by atoms with van der Waals surface area (Å²) in [6.45, 7) is 3.08. The summed E-state index contributed by atoms with van der Waals surface area (Å²) < 4.78 is 6.81. The summed E-state index contributed by atoms with van der Waals surface area (Å²) in [7, 11) is 3.87. The number of amides is 2. The Hall–Kier alpha value is -2.77. The van der Waals surface area contributed by atoms with Crippen LogP contribution in [0.15, 0.2) is 45.6 Å². The van der Waals surface area contributed by atoms with Crippen molar-refractivity contribution in [2.75, 3.05) is 31.3 Å². The molecule has 142 valence electrons. The fourth-order valence-corrected chi connectivity index (χ4v) is 2.80. The molecule has 0 fully saturated rings. The molecule has 8 heteroatoms. The Morgan fingerprint density at radius 2 is 1.81 bits per heavy atom. The Kier molecular flexibility index (Phi) is 5.53. The van der Waals surface area contributed by atoms with Crippen LogP contribution >= 0.6 is 11.6 Å². The standard InChI is InChI=1S/C19H21ClN4O3/c1-12-4-5-13(10-15(12)20)21-18(25)22-14-6-7-17-16(11-14)24(19(26)27-17)9-8-23(2)3/h4-7,10-11H,8-9H2,1-3H3,(H2,21,22,25). The molecule has 3 rings (SSSR count). The minimum atomic E-state index is -0.414. The number of fused-ring (bicyclic) bond motifs is 1. The molecule has 1 heterocycles. The van der Waals surface area contributed by atoms with E-state index in [-0.39, 0.29) is 0 Å². The molecule has 0 radical (unpaired) electrons. The third-order valence-electron chi connectivity index (χ3n) is 4.13. The number of carbonyl (C=O) groups excluding carboxylic acids is 1. The Morgan fingerprint density at radius 3 is 2.48 bits per heavy atom. The molecule has 0 aliphatic carbocycles. The average molecular weight is 389 g/mol. The van der Waals surface area contributed by atoms with Gasteiger partial charge in [0.05, 0.1) is 5.52 Å². The van der Waals surface area contributed by atoms with Crippen molar-refractivity contribution in [2.45, 2.75) is 13.5 Å². The zero-order valence-electron chi connectivity index (χ0n) is 15.4. The summed E-state index contributed by atoms with van der Waals surface area (Å²) in [6.07, 6.45) is 0. The van der Waals surface area contributed by atoms with E-state index in [9.17, 15) is 9.59 Å². The first kappa shape index (κ1) is 19.0. The van der Waals surface area contributed by atoms with Gasteiger partial charge in [-0.3, -0.25) is 4.57 Å². The van der Waals surface area contributed by atoms with E-state index in [1.807, 2.05) is 32.0 Å². The number of urea groups is 1. The van der Waals surface area contributed by atoms with Gasteiger partial charge in [0.1, 0.15) is 0 Å². The molecule has 7 nitrogen and oxygen atoms in total. The van der Waals surface area contributed by atoms with Crippen LogP contribution in [0.5, 0.6) is 0 Å². The van der Waals surface area contributed by atoms with Gasteiger partial charge < -0.3 is 20.0 Å². The Bertz CT molecular complexity index is 1040. The van der Waals surface area contributed by atoms with Gasteiger partial charge in [0, 0.05) is 29.5 Å². The Morgan fingerprint density at radius 1 is 1.15 bits per heavy atom. The summed E-state index contributed by atoms with van der Waals surface area (Å²) in [4.78, 5) is 26.3. The van der Waals surface area contributed by atoms with Crippen LogP contribution in [0.3, 0.4) is 0 Å². The van der Waals surface area contributed by atoms with Crippen molar-refractivity contribution < 1.29 is 9.21 Å². The van der Waals surface area contributed by atoms with E-state index in [1.165, 1.54) is 0 Å². The number of benzene rings is 2. The molecular weight excluding hydrogens is 368 g/mol. The normalized spacial score (nSPS) is 11.1. The number of nitrogens with one attached hydrogen (secondary N) is 2. The first-order valence-corrected chi connectivity index (χ1v) is 8.83. The highest BCUT2D eigenvalue weighted by molar-refractivity contribution is 6.31. The second kappa shape index (κ2) is 7.85. The number of aromatic nitrogens is 1. The van der Waals surface area contributed by atoms with Gasteiger partial charge in [-0.15, -0.1) is 0 Å². The summed E-state index contributed by atoms with van der Waals surface area (Å²) >= 11 is 6.08. The molecule has 0 unspecified atom stereocenters. The number of anilines is 2. The fraction of sp³-hybridized carbons (Fsp3) is 0.263. The number of rotatable bonds is 5. The van der Waals surface area contributed by atoms with Crippen molar-refractivity contribution in [3.8, 4) is 0 Å². The van der Waals surface area contributed by atoms with Crippen LogP contribution in [0, 0.1) is 6.92 Å². The zero-order chi connectivity index (χ0) is 19.6. The molecule has 0 atom stereocenters. The van der Waals surface area contributed by atoms with Crippen molar-refractivity contribution >= 4 is 40.1 Å². The molecule has 0 aliphatic rings. The highest BCUT2D eigenvalue weighted by Gasteiger charge is 2.11. The minimum Gasteiger partial charge on any atom is -0.408 e. The van der Waals surface area contributed by atoms with E-state index in [4.69, 9.17) is 16.0 Å². The van der Waals surface area contributed by atoms with Crippen LogP contribution in [-0.2, 0) is 6.54 Å². The van der Waals surface area contributed by atoms with Crippen molar-refractivity contribution in [3.05, 3.63) is 57.5 Å². The van der Waals surface area contributed by atoms with Gasteiger partial charge in [-0.1, -0.05) is 17.7 Å². The minimum absolute atomic E-state index is 0.403. The molecule has 3 aromatic rings. The third-order valence-corrected chi connectivity index (χ3v) is 4.53. The summed E-state index contributed by atoms with van der Waals surface area (Å²) in [5, 5.41) is 6.07. The van der Waals surface area contributed by atoms with Crippen molar-refractivity contribution in [1.82, 2.24) is 9.47 Å². The molecule has 0 aliphatic heterocycles. The first-order chi connectivity index (χ1) is 12.8. The Labute approximate surface area is 161 Å². The lowest BCUT2D eigenvalue weighted by Gasteiger charge is -2.10. The zero-order valence-corrected chi connectivity index (χ0v) is 16.1. The first-order valence-electron chi connectivity index (χ1n) is 8.46. The number of carbonyl (C=O) groups is 1. The maximum atomic E-state index is 12.3. The lowest BCUT2D eigenvalue weighted by atomic mass is 10.2. The number of hydrogen-bond donors (Lipinski definition) is 2. The predicted octanol–water partition coefficient (Wildman–Crippen LogP) is 3.76. The Balaban J connectivity index is 1.78. The number of aryl methyl sites for hydroxylation is 1. The predicted molar refractivity (Wildman–Crippen MR) is 108 cm³/mol. The fourth-order valence-electron chi connectivity index (χ4n) is 2.62. The quantitative estimate of drug-likeness (QED) is 0.697. The summed E-state index contributed by atoms with van der Waals surface area (Å²) in [5.74, 6) is -0.414. The van der Waals surface area contributed by atoms with Crippen LogP contribution in [0.2, 0.25) is 5.02 Å². The van der Waals surface area contributed by atoms with Crippen LogP contribution in [0.4, 0.5) is 16.2 Å². The number of halogens is 1. The number of oxazole rings is 1. The molecule has 0 saturated heterocycles. The van der Waals surface area contributed by atoms with Gasteiger partial charge in [0.25, 0.3) is 0 Å². The van der Waals surface area contributed by atoms with E-state index in [2.05, 4.69) is 10.6 Å². The molecule has 2 amide bonds. The third kappa shape index (κ3) is 4.50. The average Bonchev–Trinajstić information content (AvgIpc) is 2.91. The maximum absolute atomic E-state index is 12.3. The van der Waals surface area contributed by atoms with E-state index < -0.39 is 11.8 Å². The topological polar surface area (TPSA) is 79.5 Å². The molecular formula is C19H21ClN4O3. The van der Waals surface area contributed by atoms with Gasteiger partial charge in [-0.25, -0.2) is 9.59 Å². The highest BCUT2D eigenvalue weighted by atomic mass is 35.5. The van der Waals surface area contributed by atoms with Crippen LogP contribution < -0.4 is 16.4 Å². The monoisotopic (exact) mass is 388 g/mol. The van der Waals surface area contributed by atoms with Gasteiger partial charge in [-0.05, 0) is 56.9 Å². The molecule has 2 N–H and O–H groups in total. The lowest BCUT2D eigenvalue weighted by molar-refractivity contribution is 0.262. The van der Waals surface area contributed by atoms with E-state index in [1.54, 1.807) is 34.9 Å². The van der Waals surface area contributed by atoms with E-state index >= 15 is 0 Å². The number of likely N-dealkylation sites (N-methyl/N-ethyl adjacent to an activating group) is 1. The second-order valence-corrected chi connectivity index (χ2v) is 6.96. The van der Waals surface area contributed by atoms with Gasteiger partial charge in [0.15, 0.2) is 5.58 Å². The molecule has 1 aromatic heterocycles. The van der Waals surface area contributed by atoms with E-state index in [0.29, 0.717) is 40.6 Å². The second-order valence-electron chi connectivity index (χ2n) is 6.55. The SMILES string of the molecule is Cc1ccc(NC(=O)Nc2ccc3oc(=O)n(CCN(C)C)c3c2)cc1Cl. The van der Waals surface area contributed by atoms with Crippen molar-refractivity contribution in [2.24, 2.45) is 0 Å². The maximum Gasteiger partial charge on any atom is 0.419 e. The van der Waals surface area contributed by atoms with Gasteiger partial charge in [0.2, 0.25) is 0 Å². The molecule has 0 spiro atoms. The van der Waals surface area contributed by atoms with Gasteiger partial charge >= 0.3 is 11.8 Å². The molecule has 0 bridgehead atoms. The summed E-state index contributed by atoms with van der Waals surface area (Å²) in [5.41, 5.74) is 3.20. The van der Waals surface area contributed by atoms with Crippen LogP contribution in [-0.4, -0.2) is 36.1 Å². The van der Waals surface area contributed by atoms with Crippen LogP contribution in [0.25, 0.3) is 11.1 Å². The largest absolute Gasteiger partial charge is 0.419 e. The van der Waals surface area contributed by atoms with Crippen molar-refractivity contribution in [3.63, 3.8) is 0 Å². The highest BCUT2D eigenvalue weighted by Crippen LogP contribution is 2.21. The van der Waals surface area contributed by atoms with Crippen LogP contribution in [0.1, 0.15) is 5.56 Å². The molecule has 27 heavy (non-hydrogen) atoms. The molecule has 2 aromatic carbocycles. The lowest BCUT2D eigenvalue weighted by Crippen LogP contribution is -2.23. The van der Waals surface area contributed by atoms with Gasteiger partial charge in [-0.2, -0.15) is 0 Å². The van der Waals surface area contributed by atoms with Crippen molar-refractivity contribution in [1.29, 1.82) is 0 Å². The molecule has 0 saturated carbocycles. The number of nitrogens with zero attached hydrogens (tertiary/aromatic N) is 2. The smallest absolute Gasteiger partial charge is 0.408 e.